The Labute approximate surface area is 180 Å². The van der Waals surface area contributed by atoms with Crippen LogP contribution in [-0.4, -0.2) is 39.5 Å². The first kappa shape index (κ1) is 23.1. The standard InChI is InChI=1S/C22H25N3O4S/c1-5-6-19(16-7-9-17(10-8-16)29-14-21(26)27)25(15(2)3)22(28)18(23-4)13-20-24-11-12-30-20/h7-13,15,19H,5-6,14H2,1-3H3,(H,26,27)/b18-13-. The third kappa shape index (κ3) is 6.16. The predicted molar refractivity (Wildman–Crippen MR) is 116 cm³/mol. The lowest BCUT2D eigenvalue weighted by atomic mass is 9.98. The molecule has 0 aliphatic heterocycles. The lowest BCUT2D eigenvalue weighted by Crippen LogP contribution is -2.40. The van der Waals surface area contributed by atoms with E-state index in [1.54, 1.807) is 28.6 Å². The Morgan fingerprint density at radius 1 is 1.33 bits per heavy atom. The number of carboxylic acid groups (broad SMARTS) is 1. The van der Waals surface area contributed by atoms with Crippen molar-refractivity contribution in [2.24, 2.45) is 0 Å². The number of nitrogens with zero attached hydrogens (tertiary/aromatic N) is 3. The number of ether oxygens (including phenoxy) is 1. The van der Waals surface area contributed by atoms with Crippen LogP contribution in [0.4, 0.5) is 0 Å². The van der Waals surface area contributed by atoms with Crippen molar-refractivity contribution in [3.63, 3.8) is 0 Å². The third-order valence-electron chi connectivity index (χ3n) is 4.37. The number of rotatable bonds is 10. The van der Waals surface area contributed by atoms with Gasteiger partial charge in [-0.1, -0.05) is 25.5 Å². The quantitative estimate of drug-likeness (QED) is 0.441. The van der Waals surface area contributed by atoms with E-state index in [2.05, 4.69) is 9.83 Å². The summed E-state index contributed by atoms with van der Waals surface area (Å²) < 4.78 is 5.20. The van der Waals surface area contributed by atoms with E-state index in [-0.39, 0.29) is 23.7 Å². The zero-order chi connectivity index (χ0) is 22.1. The van der Waals surface area contributed by atoms with Gasteiger partial charge < -0.3 is 14.7 Å². The van der Waals surface area contributed by atoms with Crippen molar-refractivity contribution in [1.29, 1.82) is 0 Å². The highest BCUT2D eigenvalue weighted by molar-refractivity contribution is 7.10. The summed E-state index contributed by atoms with van der Waals surface area (Å²) in [7, 11) is 0. The highest BCUT2D eigenvalue weighted by Crippen LogP contribution is 2.31. The molecule has 1 heterocycles. The van der Waals surface area contributed by atoms with E-state index in [4.69, 9.17) is 16.4 Å². The van der Waals surface area contributed by atoms with Crippen LogP contribution in [-0.2, 0) is 9.59 Å². The molecule has 30 heavy (non-hydrogen) atoms. The topological polar surface area (TPSA) is 84.1 Å². The lowest BCUT2D eigenvalue weighted by molar-refractivity contribution is -0.139. The van der Waals surface area contributed by atoms with E-state index >= 15 is 0 Å². The number of amides is 1. The number of carbonyl (C=O) groups is 2. The van der Waals surface area contributed by atoms with Gasteiger partial charge in [0.05, 0.1) is 12.6 Å². The van der Waals surface area contributed by atoms with Gasteiger partial charge in [0.15, 0.2) is 6.61 Å². The lowest BCUT2D eigenvalue weighted by Gasteiger charge is -2.35. The normalized spacial score (nSPS) is 12.3. The molecule has 1 aromatic heterocycles. The summed E-state index contributed by atoms with van der Waals surface area (Å²) in [6, 6.07) is 6.72. The summed E-state index contributed by atoms with van der Waals surface area (Å²) in [4.78, 5) is 33.3. The van der Waals surface area contributed by atoms with Crippen LogP contribution in [0.5, 0.6) is 5.75 Å². The molecular formula is C22H25N3O4S. The van der Waals surface area contributed by atoms with Crippen LogP contribution < -0.4 is 4.74 Å². The van der Waals surface area contributed by atoms with Crippen molar-refractivity contribution in [1.82, 2.24) is 9.88 Å². The Hall–Kier alpha value is -3.18. The first-order chi connectivity index (χ1) is 14.4. The van der Waals surface area contributed by atoms with Crippen molar-refractivity contribution in [3.8, 4) is 5.75 Å². The summed E-state index contributed by atoms with van der Waals surface area (Å²) in [5.41, 5.74) is 0.932. The highest BCUT2D eigenvalue weighted by Gasteiger charge is 2.29. The third-order valence-corrected chi connectivity index (χ3v) is 5.09. The molecule has 1 amide bonds. The van der Waals surface area contributed by atoms with Gasteiger partial charge in [0.1, 0.15) is 10.8 Å². The molecule has 8 heteroatoms. The maximum Gasteiger partial charge on any atom is 0.341 e. The molecule has 0 aliphatic carbocycles. The average molecular weight is 428 g/mol. The van der Waals surface area contributed by atoms with Crippen LogP contribution in [0.3, 0.4) is 0 Å². The first-order valence-electron chi connectivity index (χ1n) is 9.63. The zero-order valence-electron chi connectivity index (χ0n) is 17.2. The molecule has 0 radical (unpaired) electrons. The van der Waals surface area contributed by atoms with Crippen LogP contribution in [0.15, 0.2) is 41.5 Å². The van der Waals surface area contributed by atoms with Crippen molar-refractivity contribution < 1.29 is 19.4 Å². The number of thiazole rings is 1. The fourth-order valence-electron chi connectivity index (χ4n) is 3.10. The molecule has 1 aromatic carbocycles. The number of carboxylic acids is 1. The molecule has 2 rings (SSSR count). The Kier molecular flexibility index (Phi) is 8.56. The monoisotopic (exact) mass is 427 g/mol. The van der Waals surface area contributed by atoms with Crippen molar-refractivity contribution in [2.75, 3.05) is 6.61 Å². The maximum absolute atomic E-state index is 13.3. The zero-order valence-corrected chi connectivity index (χ0v) is 18.1. The predicted octanol–water partition coefficient (Wildman–Crippen LogP) is 4.65. The minimum Gasteiger partial charge on any atom is -0.482 e. The highest BCUT2D eigenvalue weighted by atomic mass is 32.1. The van der Waals surface area contributed by atoms with Crippen LogP contribution in [0.2, 0.25) is 0 Å². The van der Waals surface area contributed by atoms with Gasteiger partial charge in [-0.15, -0.1) is 11.3 Å². The molecule has 7 nitrogen and oxygen atoms in total. The number of hydrogen-bond donors (Lipinski definition) is 1. The minimum atomic E-state index is -1.04. The molecule has 1 N–H and O–H groups in total. The molecule has 0 spiro atoms. The molecule has 158 valence electrons. The van der Waals surface area contributed by atoms with E-state index in [0.29, 0.717) is 10.8 Å². The number of aromatic nitrogens is 1. The molecule has 2 aromatic rings. The fraction of sp³-hybridized carbons (Fsp3) is 0.364. The summed E-state index contributed by atoms with van der Waals surface area (Å²) in [6.07, 6.45) is 4.74. The van der Waals surface area contributed by atoms with E-state index in [9.17, 15) is 9.59 Å². The molecule has 0 fully saturated rings. The Bertz CT molecular complexity index is 915. The van der Waals surface area contributed by atoms with Crippen LogP contribution in [0.1, 0.15) is 50.2 Å². The van der Waals surface area contributed by atoms with Gasteiger partial charge in [0.25, 0.3) is 11.6 Å². The van der Waals surface area contributed by atoms with E-state index in [1.807, 2.05) is 32.9 Å². The van der Waals surface area contributed by atoms with Gasteiger partial charge in [-0.3, -0.25) is 4.79 Å². The Morgan fingerprint density at radius 2 is 2.03 bits per heavy atom. The van der Waals surface area contributed by atoms with Gasteiger partial charge in [-0.05, 0) is 44.0 Å². The van der Waals surface area contributed by atoms with Crippen molar-refractivity contribution in [3.05, 3.63) is 63.5 Å². The summed E-state index contributed by atoms with van der Waals surface area (Å²) in [6.45, 7) is 13.0. The largest absolute Gasteiger partial charge is 0.482 e. The Morgan fingerprint density at radius 3 is 2.53 bits per heavy atom. The molecule has 0 saturated carbocycles. The molecular weight excluding hydrogens is 402 g/mol. The second kappa shape index (κ2) is 11.1. The maximum atomic E-state index is 13.3. The Balaban J connectivity index is 2.34. The van der Waals surface area contributed by atoms with Crippen molar-refractivity contribution in [2.45, 2.75) is 45.7 Å². The second-order valence-corrected chi connectivity index (χ2v) is 7.80. The first-order valence-corrected chi connectivity index (χ1v) is 10.5. The SMILES string of the molecule is [C-]#[N+]/C(=C\c1nccs1)C(=O)N(C(C)C)C(CCC)c1ccc(OCC(=O)O)cc1. The number of hydrogen-bond acceptors (Lipinski definition) is 5. The van der Waals surface area contributed by atoms with Gasteiger partial charge in [-0.2, -0.15) is 0 Å². The van der Waals surface area contributed by atoms with Gasteiger partial charge in [-0.25, -0.2) is 14.6 Å². The summed E-state index contributed by atoms with van der Waals surface area (Å²) >= 11 is 1.37. The van der Waals surface area contributed by atoms with Crippen LogP contribution >= 0.6 is 11.3 Å². The second-order valence-electron chi connectivity index (χ2n) is 6.87. The average Bonchev–Trinajstić information content (AvgIpc) is 3.23. The van der Waals surface area contributed by atoms with Crippen LogP contribution in [0.25, 0.3) is 10.9 Å². The van der Waals surface area contributed by atoms with Gasteiger partial charge >= 0.3 is 5.97 Å². The minimum absolute atomic E-state index is 0.0289. The smallest absolute Gasteiger partial charge is 0.341 e. The molecule has 1 atom stereocenters. The van der Waals surface area contributed by atoms with E-state index in [0.717, 1.165) is 18.4 Å². The molecule has 0 aliphatic rings. The summed E-state index contributed by atoms with van der Waals surface area (Å²) in [5.74, 6) is -0.928. The summed E-state index contributed by atoms with van der Waals surface area (Å²) in [5, 5.41) is 11.2. The van der Waals surface area contributed by atoms with Crippen molar-refractivity contribution >= 4 is 29.3 Å². The van der Waals surface area contributed by atoms with Gasteiger partial charge in [0, 0.05) is 17.6 Å². The van der Waals surface area contributed by atoms with Gasteiger partial charge in [0.2, 0.25) is 0 Å². The number of aliphatic carboxylic acids is 1. The molecule has 1 unspecified atom stereocenters. The van der Waals surface area contributed by atoms with Crippen LogP contribution in [0, 0.1) is 6.57 Å². The fourth-order valence-corrected chi connectivity index (χ4v) is 3.67. The number of benzene rings is 1. The molecule has 0 saturated heterocycles. The number of carbonyl (C=O) groups excluding carboxylic acids is 1. The van der Waals surface area contributed by atoms with E-state index in [1.165, 1.54) is 17.4 Å². The molecule has 0 bridgehead atoms. The van der Waals surface area contributed by atoms with E-state index < -0.39 is 12.6 Å².